The third-order valence-corrected chi connectivity index (χ3v) is 3.35. The molecule has 3 aliphatic rings. The molecule has 0 N–H and O–H groups in total. The van der Waals surface area contributed by atoms with E-state index in [4.69, 9.17) is 9.47 Å². The Bertz CT molecular complexity index is 252. The van der Waals surface area contributed by atoms with E-state index in [0.717, 1.165) is 12.8 Å². The number of allylic oxidation sites excluding steroid dienone is 2. The maximum Gasteiger partial charge on any atom is 0.170 e. The Morgan fingerprint density at radius 3 is 2.00 bits per heavy atom. The number of hydrogen-bond acceptors (Lipinski definition) is 2. The standard InChI is InChI=1S/C12H16O2/c1-4-8-12(9-5-1)13-10-6-2-3-7-11(10)14-12/h2-3,6-7,10-11H,1,4-5,8-9H2. The Morgan fingerprint density at radius 2 is 1.43 bits per heavy atom. The summed E-state index contributed by atoms with van der Waals surface area (Å²) in [5.41, 5.74) is 0. The van der Waals surface area contributed by atoms with Crippen molar-refractivity contribution in [2.45, 2.75) is 50.1 Å². The molecule has 14 heavy (non-hydrogen) atoms. The van der Waals surface area contributed by atoms with E-state index in [0.29, 0.717) is 0 Å². The summed E-state index contributed by atoms with van der Waals surface area (Å²) in [5, 5.41) is 0. The highest BCUT2D eigenvalue weighted by Crippen LogP contribution is 2.41. The smallest absolute Gasteiger partial charge is 0.170 e. The Hall–Kier alpha value is -0.600. The van der Waals surface area contributed by atoms with Crippen molar-refractivity contribution >= 4 is 0 Å². The summed E-state index contributed by atoms with van der Waals surface area (Å²) in [6, 6.07) is 0. The zero-order valence-corrected chi connectivity index (χ0v) is 8.32. The lowest BCUT2D eigenvalue weighted by atomic mass is 9.94. The van der Waals surface area contributed by atoms with E-state index in [1.54, 1.807) is 0 Å². The molecule has 0 bridgehead atoms. The second kappa shape index (κ2) is 3.21. The topological polar surface area (TPSA) is 18.5 Å². The molecule has 0 aromatic carbocycles. The molecule has 0 radical (unpaired) electrons. The second-order valence-corrected chi connectivity index (χ2v) is 4.41. The summed E-state index contributed by atoms with van der Waals surface area (Å²) < 4.78 is 12.1. The number of ether oxygens (including phenoxy) is 2. The van der Waals surface area contributed by atoms with Crippen LogP contribution in [-0.4, -0.2) is 18.0 Å². The van der Waals surface area contributed by atoms with Crippen molar-refractivity contribution in [1.82, 2.24) is 0 Å². The lowest BCUT2D eigenvalue weighted by Crippen LogP contribution is -2.33. The van der Waals surface area contributed by atoms with E-state index in [1.807, 2.05) is 12.2 Å². The minimum atomic E-state index is -0.243. The largest absolute Gasteiger partial charge is 0.340 e. The van der Waals surface area contributed by atoms with E-state index in [2.05, 4.69) is 12.2 Å². The normalized spacial score (nSPS) is 38.9. The first-order valence-corrected chi connectivity index (χ1v) is 5.59. The molecule has 1 aliphatic heterocycles. The molecule has 0 aromatic rings. The highest BCUT2D eigenvalue weighted by Gasteiger charge is 2.46. The first kappa shape index (κ1) is 8.69. The van der Waals surface area contributed by atoms with Gasteiger partial charge in [0.1, 0.15) is 12.2 Å². The van der Waals surface area contributed by atoms with E-state index in [-0.39, 0.29) is 18.0 Å². The first-order valence-electron chi connectivity index (χ1n) is 5.59. The number of fused-ring (bicyclic) bond motifs is 1. The molecule has 1 heterocycles. The van der Waals surface area contributed by atoms with Crippen molar-refractivity contribution in [3.05, 3.63) is 24.3 Å². The number of rotatable bonds is 0. The van der Waals surface area contributed by atoms with E-state index >= 15 is 0 Å². The molecule has 3 rings (SSSR count). The summed E-state index contributed by atoms with van der Waals surface area (Å²) in [4.78, 5) is 0. The molecule has 0 amide bonds. The van der Waals surface area contributed by atoms with Gasteiger partial charge in [0.15, 0.2) is 5.79 Å². The van der Waals surface area contributed by atoms with Crippen molar-refractivity contribution in [3.8, 4) is 0 Å². The van der Waals surface area contributed by atoms with Crippen LogP contribution in [0.4, 0.5) is 0 Å². The summed E-state index contributed by atoms with van der Waals surface area (Å²) in [6.07, 6.45) is 14.6. The van der Waals surface area contributed by atoms with E-state index in [1.165, 1.54) is 19.3 Å². The van der Waals surface area contributed by atoms with E-state index < -0.39 is 0 Å². The molecular formula is C12H16O2. The van der Waals surface area contributed by atoms with Crippen LogP contribution in [0.2, 0.25) is 0 Å². The van der Waals surface area contributed by atoms with Crippen LogP contribution in [0.15, 0.2) is 24.3 Å². The Kier molecular flexibility index (Phi) is 1.99. The quantitative estimate of drug-likeness (QED) is 0.587. The SMILES string of the molecule is C1=CC2OC3(CCCCC3)OC2C=C1. The first-order chi connectivity index (χ1) is 6.88. The molecule has 1 spiro atoms. The van der Waals surface area contributed by atoms with Crippen molar-refractivity contribution in [2.24, 2.45) is 0 Å². The lowest BCUT2D eigenvalue weighted by Gasteiger charge is -2.31. The van der Waals surface area contributed by atoms with Gasteiger partial charge < -0.3 is 9.47 Å². The van der Waals surface area contributed by atoms with Gasteiger partial charge in [-0.25, -0.2) is 0 Å². The summed E-state index contributed by atoms with van der Waals surface area (Å²) in [5.74, 6) is -0.243. The molecule has 0 aromatic heterocycles. The Balaban J connectivity index is 1.79. The minimum absolute atomic E-state index is 0.165. The fourth-order valence-electron chi connectivity index (χ4n) is 2.63. The van der Waals surface area contributed by atoms with Gasteiger partial charge in [0, 0.05) is 12.8 Å². The average molecular weight is 192 g/mol. The monoisotopic (exact) mass is 192 g/mol. The van der Waals surface area contributed by atoms with Crippen LogP contribution in [0.5, 0.6) is 0 Å². The molecule has 2 atom stereocenters. The molecule has 2 nitrogen and oxygen atoms in total. The zero-order chi connectivity index (χ0) is 9.43. The zero-order valence-electron chi connectivity index (χ0n) is 8.32. The summed E-state index contributed by atoms with van der Waals surface area (Å²) in [6.45, 7) is 0. The molecule has 1 saturated carbocycles. The van der Waals surface area contributed by atoms with Crippen LogP contribution in [0, 0.1) is 0 Å². The lowest BCUT2D eigenvalue weighted by molar-refractivity contribution is -0.187. The summed E-state index contributed by atoms with van der Waals surface area (Å²) in [7, 11) is 0. The fraction of sp³-hybridized carbons (Fsp3) is 0.667. The third-order valence-electron chi connectivity index (χ3n) is 3.35. The van der Waals surface area contributed by atoms with Gasteiger partial charge in [-0.3, -0.25) is 0 Å². The molecular weight excluding hydrogens is 176 g/mol. The van der Waals surface area contributed by atoms with Crippen LogP contribution in [0.25, 0.3) is 0 Å². The van der Waals surface area contributed by atoms with Crippen LogP contribution in [-0.2, 0) is 9.47 Å². The molecule has 1 saturated heterocycles. The molecule has 2 fully saturated rings. The van der Waals surface area contributed by atoms with Gasteiger partial charge in [-0.15, -0.1) is 0 Å². The molecule has 2 unspecified atom stereocenters. The van der Waals surface area contributed by atoms with Crippen LogP contribution < -0.4 is 0 Å². The van der Waals surface area contributed by atoms with Gasteiger partial charge in [-0.1, -0.05) is 30.7 Å². The fourth-order valence-corrected chi connectivity index (χ4v) is 2.63. The maximum atomic E-state index is 6.03. The second-order valence-electron chi connectivity index (χ2n) is 4.41. The third kappa shape index (κ3) is 1.33. The minimum Gasteiger partial charge on any atom is -0.340 e. The molecule has 2 aliphatic carbocycles. The van der Waals surface area contributed by atoms with Gasteiger partial charge in [-0.2, -0.15) is 0 Å². The van der Waals surface area contributed by atoms with Gasteiger partial charge in [0.05, 0.1) is 0 Å². The Morgan fingerprint density at radius 1 is 0.857 bits per heavy atom. The van der Waals surface area contributed by atoms with Crippen molar-refractivity contribution in [2.75, 3.05) is 0 Å². The summed E-state index contributed by atoms with van der Waals surface area (Å²) >= 11 is 0. The van der Waals surface area contributed by atoms with Crippen molar-refractivity contribution < 1.29 is 9.47 Å². The number of hydrogen-bond donors (Lipinski definition) is 0. The van der Waals surface area contributed by atoms with Gasteiger partial charge in [-0.05, 0) is 12.8 Å². The highest BCUT2D eigenvalue weighted by atomic mass is 16.8. The van der Waals surface area contributed by atoms with Crippen LogP contribution in [0.3, 0.4) is 0 Å². The van der Waals surface area contributed by atoms with Crippen molar-refractivity contribution in [1.29, 1.82) is 0 Å². The van der Waals surface area contributed by atoms with Crippen LogP contribution >= 0.6 is 0 Å². The van der Waals surface area contributed by atoms with Crippen molar-refractivity contribution in [3.63, 3.8) is 0 Å². The molecule has 76 valence electrons. The van der Waals surface area contributed by atoms with E-state index in [9.17, 15) is 0 Å². The Labute approximate surface area is 84.6 Å². The van der Waals surface area contributed by atoms with Crippen LogP contribution in [0.1, 0.15) is 32.1 Å². The van der Waals surface area contributed by atoms with Gasteiger partial charge in [0.25, 0.3) is 0 Å². The maximum absolute atomic E-state index is 6.03. The predicted octanol–water partition coefficient (Wildman–Crippen LogP) is 2.56. The molecule has 2 heteroatoms. The average Bonchev–Trinajstić information content (AvgIpc) is 2.56. The highest BCUT2D eigenvalue weighted by molar-refractivity contribution is 5.19. The predicted molar refractivity (Wildman–Crippen MR) is 53.8 cm³/mol. The van der Waals surface area contributed by atoms with Gasteiger partial charge >= 0.3 is 0 Å². The van der Waals surface area contributed by atoms with Gasteiger partial charge in [0.2, 0.25) is 0 Å².